The summed E-state index contributed by atoms with van der Waals surface area (Å²) in [5.74, 6) is -2.27. The van der Waals surface area contributed by atoms with Gasteiger partial charge in [0.15, 0.2) is 3.95 Å². The number of hydrogen-bond acceptors (Lipinski definition) is 3. The Bertz CT molecular complexity index is 272. The van der Waals surface area contributed by atoms with Crippen LogP contribution in [0.5, 0.6) is 0 Å². The number of aromatic amines is 1. The number of rotatable bonds is 1. The zero-order valence-corrected chi connectivity index (χ0v) is 6.85. The van der Waals surface area contributed by atoms with Crippen LogP contribution in [0, 0.1) is 3.95 Å². The maximum atomic E-state index is 12.6. The van der Waals surface area contributed by atoms with Crippen LogP contribution in [0.15, 0.2) is 6.20 Å². The third kappa shape index (κ3) is 1.62. The van der Waals surface area contributed by atoms with Crippen LogP contribution in [0.3, 0.4) is 0 Å². The van der Waals surface area contributed by atoms with Gasteiger partial charge in [-0.2, -0.15) is 0 Å². The van der Waals surface area contributed by atoms with Gasteiger partial charge in [0.2, 0.25) is 5.85 Å². The van der Waals surface area contributed by atoms with Gasteiger partial charge in [-0.25, -0.2) is 4.39 Å². The molecule has 0 aliphatic carbocycles. The van der Waals surface area contributed by atoms with Crippen molar-refractivity contribution in [3.63, 3.8) is 0 Å². The predicted molar refractivity (Wildman–Crippen MR) is 40.2 cm³/mol. The van der Waals surface area contributed by atoms with Crippen molar-refractivity contribution < 1.29 is 9.50 Å². The summed E-state index contributed by atoms with van der Waals surface area (Å²) in [4.78, 5) is 2.81. The Morgan fingerprint density at radius 2 is 2.50 bits per heavy atom. The van der Waals surface area contributed by atoms with Crippen LogP contribution in [0.25, 0.3) is 0 Å². The normalized spacial score (nSPS) is 16.7. The Kier molecular flexibility index (Phi) is 1.89. The highest BCUT2D eigenvalue weighted by Crippen LogP contribution is 2.25. The fourth-order valence-electron chi connectivity index (χ4n) is 0.508. The largest absolute Gasteiger partial charge is 0.358 e. The van der Waals surface area contributed by atoms with Gasteiger partial charge in [0.05, 0.1) is 4.88 Å². The van der Waals surface area contributed by atoms with Gasteiger partial charge in [-0.15, -0.1) is 11.3 Å². The molecule has 56 valence electrons. The number of thiazole rings is 1. The molecule has 5 heteroatoms. The van der Waals surface area contributed by atoms with E-state index in [1.54, 1.807) is 0 Å². The lowest BCUT2D eigenvalue weighted by molar-refractivity contribution is -0.0737. The van der Waals surface area contributed by atoms with Crippen LogP contribution in [0.2, 0.25) is 0 Å². The minimum Gasteiger partial charge on any atom is -0.358 e. The number of halogens is 1. The van der Waals surface area contributed by atoms with Crippen molar-refractivity contribution in [1.29, 1.82) is 0 Å². The Balaban J connectivity index is 3.07. The molecule has 1 atom stereocenters. The Morgan fingerprint density at radius 3 is 2.70 bits per heavy atom. The molecule has 1 aromatic rings. The fraction of sp³-hybridized carbons (Fsp3) is 0.400. The van der Waals surface area contributed by atoms with Crippen LogP contribution in [0.1, 0.15) is 11.8 Å². The van der Waals surface area contributed by atoms with Gasteiger partial charge in [0, 0.05) is 6.20 Å². The molecule has 0 saturated heterocycles. The second kappa shape index (κ2) is 2.41. The minimum atomic E-state index is -2.27. The van der Waals surface area contributed by atoms with Gasteiger partial charge in [0.1, 0.15) is 0 Å². The van der Waals surface area contributed by atoms with Crippen molar-refractivity contribution in [2.45, 2.75) is 12.8 Å². The van der Waals surface area contributed by atoms with E-state index < -0.39 is 5.85 Å². The molecule has 0 bridgehead atoms. The van der Waals surface area contributed by atoms with Gasteiger partial charge < -0.3 is 10.1 Å². The topological polar surface area (TPSA) is 36.0 Å². The molecule has 1 heterocycles. The molecule has 10 heavy (non-hydrogen) atoms. The first-order valence-electron chi connectivity index (χ1n) is 2.60. The number of H-pyrrole nitrogens is 1. The lowest BCUT2D eigenvalue weighted by Crippen LogP contribution is -2.10. The second-order valence-electron chi connectivity index (χ2n) is 2.00. The lowest BCUT2D eigenvalue weighted by atomic mass is 10.3. The minimum absolute atomic E-state index is 0.206. The summed E-state index contributed by atoms with van der Waals surface area (Å²) in [5.41, 5.74) is 0. The van der Waals surface area contributed by atoms with Crippen LogP contribution < -0.4 is 0 Å². The van der Waals surface area contributed by atoms with Gasteiger partial charge in [0.25, 0.3) is 0 Å². The first-order chi connectivity index (χ1) is 4.50. The van der Waals surface area contributed by atoms with E-state index in [1.807, 2.05) is 0 Å². The molecule has 0 aromatic carbocycles. The average Bonchev–Trinajstić information content (AvgIpc) is 2.11. The van der Waals surface area contributed by atoms with Crippen molar-refractivity contribution in [2.24, 2.45) is 0 Å². The molecular weight excluding hydrogens is 173 g/mol. The smallest absolute Gasteiger partial charge is 0.240 e. The highest BCUT2D eigenvalue weighted by molar-refractivity contribution is 7.73. The number of nitrogens with one attached hydrogen (secondary N) is 1. The molecular formula is C5H6FNOS2. The third-order valence-corrected chi connectivity index (χ3v) is 2.35. The van der Waals surface area contributed by atoms with E-state index >= 15 is 0 Å². The molecule has 0 aliphatic rings. The van der Waals surface area contributed by atoms with Gasteiger partial charge in [-0.3, -0.25) is 0 Å². The molecule has 0 aliphatic heterocycles. The van der Waals surface area contributed by atoms with E-state index in [2.05, 4.69) is 17.2 Å². The second-order valence-corrected chi connectivity index (χ2v) is 3.71. The molecule has 2 N–H and O–H groups in total. The first-order valence-corrected chi connectivity index (χ1v) is 3.83. The van der Waals surface area contributed by atoms with E-state index in [0.29, 0.717) is 3.95 Å². The van der Waals surface area contributed by atoms with Crippen molar-refractivity contribution in [3.8, 4) is 0 Å². The Morgan fingerprint density at radius 1 is 1.90 bits per heavy atom. The SMILES string of the molecule is CC(O)(F)c1c[nH]c(=S)s1. The molecule has 1 aromatic heterocycles. The number of alkyl halides is 1. The van der Waals surface area contributed by atoms with E-state index in [4.69, 9.17) is 5.11 Å². The zero-order chi connectivity index (χ0) is 7.78. The summed E-state index contributed by atoms with van der Waals surface area (Å²) in [6, 6.07) is 0. The molecule has 0 radical (unpaired) electrons. The third-order valence-electron chi connectivity index (χ3n) is 0.973. The maximum Gasteiger partial charge on any atom is 0.240 e. The molecule has 0 spiro atoms. The lowest BCUT2D eigenvalue weighted by Gasteiger charge is -2.07. The molecule has 0 amide bonds. The predicted octanol–water partition coefficient (Wildman–Crippen LogP) is 1.94. The van der Waals surface area contributed by atoms with Gasteiger partial charge in [-0.05, 0) is 19.1 Å². The summed E-state index contributed by atoms with van der Waals surface area (Å²) >= 11 is 5.72. The standard InChI is InChI=1S/C5H6FNOS2/c1-5(6,8)3-2-7-4(9)10-3/h2,8H,1H3,(H,7,9). The number of aliphatic hydroxyl groups is 1. The molecule has 0 fully saturated rings. The fourth-order valence-corrected chi connectivity index (χ4v) is 1.46. The van der Waals surface area contributed by atoms with Crippen LogP contribution >= 0.6 is 23.6 Å². The summed E-state index contributed by atoms with van der Waals surface area (Å²) in [6.45, 7) is 1.07. The highest BCUT2D eigenvalue weighted by atomic mass is 32.1. The van der Waals surface area contributed by atoms with Crippen molar-refractivity contribution >= 4 is 23.6 Å². The average molecular weight is 179 g/mol. The number of aromatic nitrogens is 1. The molecule has 1 unspecified atom stereocenters. The number of hydrogen-bond donors (Lipinski definition) is 2. The van der Waals surface area contributed by atoms with Crippen LogP contribution in [0.4, 0.5) is 4.39 Å². The highest BCUT2D eigenvalue weighted by Gasteiger charge is 2.22. The van der Waals surface area contributed by atoms with Crippen LogP contribution in [-0.4, -0.2) is 10.1 Å². The summed E-state index contributed by atoms with van der Waals surface area (Å²) in [7, 11) is 0. The molecule has 1 rings (SSSR count). The van der Waals surface area contributed by atoms with E-state index in [-0.39, 0.29) is 4.88 Å². The van der Waals surface area contributed by atoms with E-state index in [9.17, 15) is 4.39 Å². The van der Waals surface area contributed by atoms with Crippen LogP contribution in [-0.2, 0) is 5.85 Å². The van der Waals surface area contributed by atoms with Gasteiger partial charge >= 0.3 is 0 Å². The monoisotopic (exact) mass is 179 g/mol. The van der Waals surface area contributed by atoms with Crippen molar-refractivity contribution in [2.75, 3.05) is 0 Å². The zero-order valence-electron chi connectivity index (χ0n) is 5.22. The maximum absolute atomic E-state index is 12.6. The van der Waals surface area contributed by atoms with Crippen molar-refractivity contribution in [3.05, 3.63) is 15.0 Å². The summed E-state index contributed by atoms with van der Waals surface area (Å²) in [5, 5.41) is 8.78. The Hall–Kier alpha value is -0.260. The van der Waals surface area contributed by atoms with E-state index in [0.717, 1.165) is 18.3 Å². The molecule has 2 nitrogen and oxygen atoms in total. The molecule has 0 saturated carbocycles. The van der Waals surface area contributed by atoms with Crippen molar-refractivity contribution in [1.82, 2.24) is 4.98 Å². The summed E-state index contributed by atoms with van der Waals surface area (Å²) in [6.07, 6.45) is 1.37. The quantitative estimate of drug-likeness (QED) is 0.646. The first kappa shape index (κ1) is 7.84. The van der Waals surface area contributed by atoms with E-state index in [1.165, 1.54) is 6.20 Å². The Labute approximate surface area is 66.3 Å². The van der Waals surface area contributed by atoms with Gasteiger partial charge in [-0.1, -0.05) is 0 Å². The summed E-state index contributed by atoms with van der Waals surface area (Å²) < 4.78 is 13.1.